The summed E-state index contributed by atoms with van der Waals surface area (Å²) in [4.78, 5) is 22.1. The fraction of sp³-hybridized carbons (Fsp3) is 0.857. The van der Waals surface area contributed by atoms with E-state index in [2.05, 4.69) is 6.92 Å². The van der Waals surface area contributed by atoms with Crippen LogP contribution in [0, 0.1) is 5.92 Å². The molecular formula is C14H28N2O3. The van der Waals surface area contributed by atoms with Gasteiger partial charge >= 0.3 is 5.97 Å². The van der Waals surface area contributed by atoms with Crippen molar-refractivity contribution in [2.45, 2.75) is 71.1 Å². The molecule has 0 aliphatic heterocycles. The van der Waals surface area contributed by atoms with Crippen molar-refractivity contribution in [2.24, 2.45) is 11.8 Å². The molecule has 0 saturated heterocycles. The Hall–Kier alpha value is -1.10. The van der Waals surface area contributed by atoms with Gasteiger partial charge in [0.1, 0.15) is 5.92 Å². The molecule has 1 atom stereocenters. The fourth-order valence-corrected chi connectivity index (χ4v) is 2.13. The predicted molar refractivity (Wildman–Crippen MR) is 75.3 cm³/mol. The number of aliphatic carboxylic acids is 1. The van der Waals surface area contributed by atoms with Crippen LogP contribution in [-0.2, 0) is 9.59 Å². The topological polar surface area (TPSA) is 92.4 Å². The number of nitrogens with two attached hydrogens (primary N) is 1. The van der Waals surface area contributed by atoms with E-state index >= 15 is 0 Å². The van der Waals surface area contributed by atoms with Crippen LogP contribution in [0.3, 0.4) is 0 Å². The third-order valence-electron chi connectivity index (χ3n) is 3.35. The summed E-state index contributed by atoms with van der Waals surface area (Å²) in [6, 6.07) is 0. The Bertz CT molecular complexity index is 257. The largest absolute Gasteiger partial charge is 0.481 e. The smallest absolute Gasteiger partial charge is 0.316 e. The Balaban J connectivity index is 3.51. The summed E-state index contributed by atoms with van der Waals surface area (Å²) in [5.74, 6) is 2.25. The molecule has 0 radical (unpaired) electrons. The maximum atomic E-state index is 11.2. The molecule has 0 rings (SSSR count). The van der Waals surface area contributed by atoms with E-state index in [0.29, 0.717) is 6.42 Å². The number of carbonyl (C=O) groups excluding carboxylic acids is 1. The minimum Gasteiger partial charge on any atom is -0.481 e. The third-order valence-corrected chi connectivity index (χ3v) is 3.35. The van der Waals surface area contributed by atoms with Gasteiger partial charge in [0.25, 0.3) is 0 Å². The molecule has 0 aromatic heterocycles. The second-order valence-electron chi connectivity index (χ2n) is 5.02. The van der Waals surface area contributed by atoms with E-state index in [4.69, 9.17) is 10.9 Å². The van der Waals surface area contributed by atoms with Gasteiger partial charge in [0.2, 0.25) is 5.91 Å². The second-order valence-corrected chi connectivity index (χ2v) is 5.02. The van der Waals surface area contributed by atoms with Crippen LogP contribution in [0.5, 0.6) is 0 Å². The van der Waals surface area contributed by atoms with Crippen LogP contribution >= 0.6 is 0 Å². The van der Waals surface area contributed by atoms with Gasteiger partial charge in [0, 0.05) is 0 Å². The molecule has 0 saturated carbocycles. The van der Waals surface area contributed by atoms with E-state index in [0.717, 1.165) is 19.3 Å². The minimum atomic E-state index is -1.09. The number of unbranched alkanes of at least 4 members (excludes halogenated alkanes) is 8. The molecule has 4 N–H and O–H groups in total. The summed E-state index contributed by atoms with van der Waals surface area (Å²) < 4.78 is 0. The summed E-state index contributed by atoms with van der Waals surface area (Å²) >= 11 is 0. The van der Waals surface area contributed by atoms with Crippen molar-refractivity contribution < 1.29 is 14.7 Å². The zero-order valence-corrected chi connectivity index (χ0v) is 12.0. The van der Waals surface area contributed by atoms with Gasteiger partial charge in [-0.2, -0.15) is 0 Å². The van der Waals surface area contributed by atoms with Gasteiger partial charge in [0.15, 0.2) is 0 Å². The van der Waals surface area contributed by atoms with E-state index in [-0.39, 0.29) is 0 Å². The summed E-state index contributed by atoms with van der Waals surface area (Å²) in [7, 11) is 0. The van der Waals surface area contributed by atoms with Gasteiger partial charge < -0.3 is 5.11 Å². The Kier molecular flexibility index (Phi) is 11.3. The van der Waals surface area contributed by atoms with E-state index in [1.165, 1.54) is 38.5 Å². The normalized spacial score (nSPS) is 12.1. The standard InChI is InChI=1S/C14H28N2O3/c1-2-3-4-5-6-7-8-9-10-11-12(14(18)19)13(17)16-15/h12H,2-11,15H2,1H3,(H,16,17)(H,18,19). The number of rotatable bonds is 12. The van der Waals surface area contributed by atoms with Crippen molar-refractivity contribution >= 4 is 11.9 Å². The monoisotopic (exact) mass is 272 g/mol. The Labute approximate surface area is 115 Å². The number of hydrogen-bond donors (Lipinski definition) is 3. The highest BCUT2D eigenvalue weighted by Crippen LogP contribution is 2.14. The van der Waals surface area contributed by atoms with Gasteiger partial charge in [-0.3, -0.25) is 15.0 Å². The van der Waals surface area contributed by atoms with Crippen LogP contribution in [0.2, 0.25) is 0 Å². The number of hydrogen-bond acceptors (Lipinski definition) is 3. The lowest BCUT2D eigenvalue weighted by molar-refractivity contribution is -0.147. The molecule has 1 unspecified atom stereocenters. The lowest BCUT2D eigenvalue weighted by Crippen LogP contribution is -2.39. The molecule has 0 aliphatic rings. The molecule has 0 bridgehead atoms. The average molecular weight is 272 g/mol. The molecule has 112 valence electrons. The lowest BCUT2D eigenvalue weighted by atomic mass is 9.99. The summed E-state index contributed by atoms with van der Waals surface area (Å²) in [5, 5.41) is 8.88. The van der Waals surface area contributed by atoms with Crippen molar-refractivity contribution in [3.05, 3.63) is 0 Å². The van der Waals surface area contributed by atoms with Crippen LogP contribution in [0.15, 0.2) is 0 Å². The van der Waals surface area contributed by atoms with Crippen LogP contribution < -0.4 is 11.3 Å². The first-order valence-corrected chi connectivity index (χ1v) is 7.36. The Morgan fingerprint density at radius 3 is 1.89 bits per heavy atom. The van der Waals surface area contributed by atoms with Gasteiger partial charge in [-0.15, -0.1) is 0 Å². The van der Waals surface area contributed by atoms with Gasteiger partial charge in [-0.05, 0) is 6.42 Å². The molecule has 0 fully saturated rings. The lowest BCUT2D eigenvalue weighted by Gasteiger charge is -2.10. The summed E-state index contributed by atoms with van der Waals surface area (Å²) in [6.07, 6.45) is 10.9. The second kappa shape index (κ2) is 12.0. The molecule has 5 nitrogen and oxygen atoms in total. The van der Waals surface area contributed by atoms with Crippen LogP contribution in [0.25, 0.3) is 0 Å². The van der Waals surface area contributed by atoms with Crippen LogP contribution in [-0.4, -0.2) is 17.0 Å². The maximum absolute atomic E-state index is 11.2. The van der Waals surface area contributed by atoms with Crippen LogP contribution in [0.4, 0.5) is 0 Å². The predicted octanol–water partition coefficient (Wildman–Crippen LogP) is 2.60. The Morgan fingerprint density at radius 2 is 1.47 bits per heavy atom. The average Bonchev–Trinajstić information content (AvgIpc) is 2.40. The molecule has 5 heteroatoms. The molecule has 0 aromatic rings. The first-order chi connectivity index (χ1) is 9.13. The highest BCUT2D eigenvalue weighted by molar-refractivity contribution is 5.96. The molecular weight excluding hydrogens is 244 g/mol. The fourth-order valence-electron chi connectivity index (χ4n) is 2.13. The molecule has 0 aromatic carbocycles. The quantitative estimate of drug-likeness (QED) is 0.167. The molecule has 0 spiro atoms. The number of amides is 1. The number of nitrogens with one attached hydrogen (secondary N) is 1. The number of carbonyl (C=O) groups is 2. The first kappa shape index (κ1) is 17.9. The number of carboxylic acid groups (broad SMARTS) is 1. The van der Waals surface area contributed by atoms with Crippen LogP contribution in [0.1, 0.15) is 71.1 Å². The van der Waals surface area contributed by atoms with E-state index in [9.17, 15) is 9.59 Å². The molecule has 0 heterocycles. The molecule has 1 amide bonds. The van der Waals surface area contributed by atoms with Crippen molar-refractivity contribution in [1.29, 1.82) is 0 Å². The van der Waals surface area contributed by atoms with E-state index < -0.39 is 17.8 Å². The van der Waals surface area contributed by atoms with Gasteiger partial charge in [-0.25, -0.2) is 5.84 Å². The minimum absolute atomic E-state index is 0.369. The van der Waals surface area contributed by atoms with Crippen molar-refractivity contribution in [3.63, 3.8) is 0 Å². The zero-order valence-electron chi connectivity index (χ0n) is 12.0. The van der Waals surface area contributed by atoms with Gasteiger partial charge in [-0.1, -0.05) is 64.7 Å². The SMILES string of the molecule is CCCCCCCCCCCC(C(=O)O)C(=O)NN. The maximum Gasteiger partial charge on any atom is 0.316 e. The van der Waals surface area contributed by atoms with Crippen molar-refractivity contribution in [3.8, 4) is 0 Å². The number of carboxylic acids is 1. The highest BCUT2D eigenvalue weighted by Gasteiger charge is 2.24. The number of hydrazine groups is 1. The van der Waals surface area contributed by atoms with E-state index in [1.807, 2.05) is 5.43 Å². The zero-order chi connectivity index (χ0) is 14.5. The third kappa shape index (κ3) is 9.47. The van der Waals surface area contributed by atoms with Crippen molar-refractivity contribution in [1.82, 2.24) is 5.43 Å². The highest BCUT2D eigenvalue weighted by atomic mass is 16.4. The Morgan fingerprint density at radius 1 is 1.00 bits per heavy atom. The first-order valence-electron chi connectivity index (χ1n) is 7.36. The van der Waals surface area contributed by atoms with Gasteiger partial charge in [0.05, 0.1) is 0 Å². The summed E-state index contributed by atoms with van der Waals surface area (Å²) in [5.41, 5.74) is 1.91. The molecule has 19 heavy (non-hydrogen) atoms. The molecule has 0 aliphatic carbocycles. The van der Waals surface area contributed by atoms with Crippen molar-refractivity contribution in [2.75, 3.05) is 0 Å². The summed E-state index contributed by atoms with van der Waals surface area (Å²) in [6.45, 7) is 2.20. The van der Waals surface area contributed by atoms with E-state index in [1.54, 1.807) is 0 Å².